The summed E-state index contributed by atoms with van der Waals surface area (Å²) in [5.74, 6) is 0. The molecular formula is C12H19N3. The number of rotatable bonds is 1. The largest absolute Gasteiger partial charge is 0.370 e. The Morgan fingerprint density at radius 2 is 1.87 bits per heavy atom. The molecule has 2 rings (SSSR count). The van der Waals surface area contributed by atoms with E-state index in [1.807, 2.05) is 12.4 Å². The summed E-state index contributed by atoms with van der Waals surface area (Å²) < 4.78 is 0. The summed E-state index contributed by atoms with van der Waals surface area (Å²) in [4.78, 5) is 6.70. The van der Waals surface area contributed by atoms with E-state index in [1.54, 1.807) is 0 Å². The van der Waals surface area contributed by atoms with Gasteiger partial charge in [-0.25, -0.2) is 0 Å². The number of aromatic nitrogens is 1. The van der Waals surface area contributed by atoms with Crippen LogP contribution in [0.25, 0.3) is 0 Å². The van der Waals surface area contributed by atoms with E-state index >= 15 is 0 Å². The van der Waals surface area contributed by atoms with Crippen LogP contribution in [0.3, 0.4) is 0 Å². The Kier molecular flexibility index (Phi) is 3.21. The van der Waals surface area contributed by atoms with Crippen molar-refractivity contribution in [1.29, 1.82) is 0 Å². The number of hydrogen-bond acceptors (Lipinski definition) is 3. The first kappa shape index (κ1) is 10.4. The lowest BCUT2D eigenvalue weighted by Gasteiger charge is -2.25. The zero-order valence-corrected chi connectivity index (χ0v) is 9.58. The van der Waals surface area contributed by atoms with Crippen molar-refractivity contribution >= 4 is 5.69 Å². The molecule has 15 heavy (non-hydrogen) atoms. The third-order valence-corrected chi connectivity index (χ3v) is 2.94. The van der Waals surface area contributed by atoms with Gasteiger partial charge in [0.25, 0.3) is 0 Å². The Labute approximate surface area is 91.5 Å². The predicted molar refractivity (Wildman–Crippen MR) is 63.4 cm³/mol. The minimum Gasteiger partial charge on any atom is -0.370 e. The lowest BCUT2D eigenvalue weighted by molar-refractivity contribution is 0.724. The number of nitrogens with one attached hydrogen (secondary N) is 1. The van der Waals surface area contributed by atoms with Gasteiger partial charge in [0, 0.05) is 37.7 Å². The van der Waals surface area contributed by atoms with E-state index in [4.69, 9.17) is 0 Å². The van der Waals surface area contributed by atoms with E-state index in [0.29, 0.717) is 0 Å². The standard InChI is InChI=1S/C12H19N3/c1-10-8-14-9-11(2)12(10)15-6-3-4-13-5-7-15/h8-9,13H,3-7H2,1-2H3. The van der Waals surface area contributed by atoms with Crippen LogP contribution in [-0.2, 0) is 0 Å². The first-order valence-electron chi connectivity index (χ1n) is 5.66. The van der Waals surface area contributed by atoms with Gasteiger partial charge in [-0.1, -0.05) is 0 Å². The molecule has 0 bridgehead atoms. The van der Waals surface area contributed by atoms with Crippen molar-refractivity contribution in [3.8, 4) is 0 Å². The van der Waals surface area contributed by atoms with Crippen LogP contribution < -0.4 is 10.2 Å². The van der Waals surface area contributed by atoms with Gasteiger partial charge in [-0.3, -0.25) is 4.98 Å². The molecule has 0 aliphatic carbocycles. The topological polar surface area (TPSA) is 28.2 Å². The van der Waals surface area contributed by atoms with E-state index in [0.717, 1.165) is 26.2 Å². The number of aryl methyl sites for hydroxylation is 2. The molecule has 1 aliphatic rings. The molecular weight excluding hydrogens is 186 g/mol. The summed E-state index contributed by atoms with van der Waals surface area (Å²) in [5.41, 5.74) is 3.96. The van der Waals surface area contributed by atoms with E-state index in [-0.39, 0.29) is 0 Å². The Bertz CT molecular complexity index is 307. The highest BCUT2D eigenvalue weighted by Gasteiger charge is 2.13. The predicted octanol–water partition coefficient (Wildman–Crippen LogP) is 1.50. The molecule has 1 aliphatic heterocycles. The highest BCUT2D eigenvalue weighted by atomic mass is 15.2. The molecule has 0 spiro atoms. The molecule has 3 nitrogen and oxygen atoms in total. The molecule has 0 saturated carbocycles. The van der Waals surface area contributed by atoms with Gasteiger partial charge in [0.05, 0.1) is 0 Å². The Morgan fingerprint density at radius 3 is 2.60 bits per heavy atom. The van der Waals surface area contributed by atoms with E-state index in [2.05, 4.69) is 29.0 Å². The average Bonchev–Trinajstić information content (AvgIpc) is 2.46. The SMILES string of the molecule is Cc1cncc(C)c1N1CCCNCC1. The zero-order valence-electron chi connectivity index (χ0n) is 9.58. The quantitative estimate of drug-likeness (QED) is 0.753. The number of anilines is 1. The normalized spacial score (nSPS) is 17.6. The maximum atomic E-state index is 4.22. The molecule has 2 heterocycles. The van der Waals surface area contributed by atoms with Gasteiger partial charge >= 0.3 is 0 Å². The summed E-state index contributed by atoms with van der Waals surface area (Å²) in [7, 11) is 0. The fourth-order valence-corrected chi connectivity index (χ4v) is 2.26. The molecule has 1 fully saturated rings. The lowest BCUT2D eigenvalue weighted by Crippen LogP contribution is -2.29. The van der Waals surface area contributed by atoms with E-state index in [1.165, 1.54) is 23.2 Å². The second-order valence-corrected chi connectivity index (χ2v) is 4.21. The number of nitrogens with zero attached hydrogens (tertiary/aromatic N) is 2. The van der Waals surface area contributed by atoms with Crippen LogP contribution in [0.2, 0.25) is 0 Å². The molecule has 1 aromatic rings. The van der Waals surface area contributed by atoms with Gasteiger partial charge in [-0.2, -0.15) is 0 Å². The number of hydrogen-bond donors (Lipinski definition) is 1. The third-order valence-electron chi connectivity index (χ3n) is 2.94. The Balaban J connectivity index is 2.26. The van der Waals surface area contributed by atoms with Crippen molar-refractivity contribution in [3.05, 3.63) is 23.5 Å². The van der Waals surface area contributed by atoms with Crippen LogP contribution >= 0.6 is 0 Å². The summed E-state index contributed by atoms with van der Waals surface area (Å²) in [5, 5.41) is 3.43. The molecule has 0 aromatic carbocycles. The third kappa shape index (κ3) is 2.29. The van der Waals surface area contributed by atoms with Crippen LogP contribution in [0.1, 0.15) is 17.5 Å². The van der Waals surface area contributed by atoms with Gasteiger partial charge in [-0.15, -0.1) is 0 Å². The maximum absolute atomic E-state index is 4.22. The Morgan fingerprint density at radius 1 is 1.13 bits per heavy atom. The molecule has 3 heteroatoms. The van der Waals surface area contributed by atoms with Crippen LogP contribution in [0.5, 0.6) is 0 Å². The fraction of sp³-hybridized carbons (Fsp3) is 0.583. The first-order valence-corrected chi connectivity index (χ1v) is 5.66. The minimum absolute atomic E-state index is 1.08. The second-order valence-electron chi connectivity index (χ2n) is 4.21. The second kappa shape index (κ2) is 4.62. The van der Waals surface area contributed by atoms with E-state index in [9.17, 15) is 0 Å². The van der Waals surface area contributed by atoms with Gasteiger partial charge in [0.2, 0.25) is 0 Å². The average molecular weight is 205 g/mol. The molecule has 1 saturated heterocycles. The van der Waals surface area contributed by atoms with Crippen molar-refractivity contribution in [2.45, 2.75) is 20.3 Å². The van der Waals surface area contributed by atoms with Crippen molar-refractivity contribution in [3.63, 3.8) is 0 Å². The highest BCUT2D eigenvalue weighted by molar-refractivity contribution is 5.57. The molecule has 0 radical (unpaired) electrons. The molecule has 0 unspecified atom stereocenters. The molecule has 0 atom stereocenters. The van der Waals surface area contributed by atoms with Crippen molar-refractivity contribution in [1.82, 2.24) is 10.3 Å². The monoisotopic (exact) mass is 205 g/mol. The minimum atomic E-state index is 1.08. The van der Waals surface area contributed by atoms with Gasteiger partial charge in [-0.05, 0) is 37.9 Å². The van der Waals surface area contributed by atoms with Crippen LogP contribution in [-0.4, -0.2) is 31.2 Å². The van der Waals surface area contributed by atoms with Crippen LogP contribution in [0, 0.1) is 13.8 Å². The molecule has 1 aromatic heterocycles. The number of pyridine rings is 1. The summed E-state index contributed by atoms with van der Waals surface area (Å²) in [6.45, 7) is 8.77. The lowest BCUT2D eigenvalue weighted by atomic mass is 10.1. The fourth-order valence-electron chi connectivity index (χ4n) is 2.26. The van der Waals surface area contributed by atoms with Crippen molar-refractivity contribution in [2.75, 3.05) is 31.1 Å². The van der Waals surface area contributed by atoms with Gasteiger partial charge < -0.3 is 10.2 Å². The van der Waals surface area contributed by atoms with Crippen LogP contribution in [0.15, 0.2) is 12.4 Å². The first-order chi connectivity index (χ1) is 7.29. The van der Waals surface area contributed by atoms with Gasteiger partial charge in [0.1, 0.15) is 0 Å². The molecule has 1 N–H and O–H groups in total. The summed E-state index contributed by atoms with van der Waals surface area (Å²) in [6, 6.07) is 0. The van der Waals surface area contributed by atoms with E-state index < -0.39 is 0 Å². The molecule has 82 valence electrons. The van der Waals surface area contributed by atoms with Crippen molar-refractivity contribution in [2.24, 2.45) is 0 Å². The zero-order chi connectivity index (χ0) is 10.7. The maximum Gasteiger partial charge on any atom is 0.0457 e. The smallest absolute Gasteiger partial charge is 0.0457 e. The van der Waals surface area contributed by atoms with Crippen LogP contribution in [0.4, 0.5) is 5.69 Å². The Hall–Kier alpha value is -1.09. The summed E-state index contributed by atoms with van der Waals surface area (Å²) >= 11 is 0. The van der Waals surface area contributed by atoms with Crippen molar-refractivity contribution < 1.29 is 0 Å². The van der Waals surface area contributed by atoms with Gasteiger partial charge in [0.15, 0.2) is 0 Å². The summed E-state index contributed by atoms with van der Waals surface area (Å²) in [6.07, 6.45) is 5.14. The molecule has 0 amide bonds. The highest BCUT2D eigenvalue weighted by Crippen LogP contribution is 2.23.